The van der Waals surface area contributed by atoms with Crippen molar-refractivity contribution in [3.05, 3.63) is 35.4 Å². The first-order valence-electron chi connectivity index (χ1n) is 7.97. The molecule has 2 nitrogen and oxygen atoms in total. The van der Waals surface area contributed by atoms with Gasteiger partial charge in [-0.25, -0.2) is 8.78 Å². The molecule has 1 unspecified atom stereocenters. The number of nitrogens with one attached hydrogen (secondary N) is 1. The van der Waals surface area contributed by atoms with E-state index in [9.17, 15) is 8.78 Å². The van der Waals surface area contributed by atoms with Gasteiger partial charge in [-0.2, -0.15) is 0 Å². The zero-order chi connectivity index (χ0) is 15.5. The molecule has 118 valence electrons. The van der Waals surface area contributed by atoms with Crippen molar-refractivity contribution >= 4 is 0 Å². The average Bonchev–Trinajstić information content (AvgIpc) is 2.51. The second-order valence-corrected chi connectivity index (χ2v) is 6.03. The van der Waals surface area contributed by atoms with Crippen molar-refractivity contribution < 1.29 is 8.78 Å². The summed E-state index contributed by atoms with van der Waals surface area (Å²) in [5, 5.41) is 3.59. The van der Waals surface area contributed by atoms with E-state index in [1.54, 1.807) is 0 Å². The van der Waals surface area contributed by atoms with Crippen molar-refractivity contribution in [2.24, 2.45) is 0 Å². The summed E-state index contributed by atoms with van der Waals surface area (Å²) in [6.45, 7) is 8.77. The Labute approximate surface area is 126 Å². The van der Waals surface area contributed by atoms with Gasteiger partial charge in [-0.15, -0.1) is 0 Å². The third-order valence-electron chi connectivity index (χ3n) is 5.01. The number of piperazine rings is 1. The molecule has 1 aliphatic rings. The van der Waals surface area contributed by atoms with E-state index >= 15 is 0 Å². The molecular weight excluding hydrogens is 270 g/mol. The summed E-state index contributed by atoms with van der Waals surface area (Å²) in [4.78, 5) is 2.34. The van der Waals surface area contributed by atoms with Crippen LogP contribution in [0.3, 0.4) is 0 Å². The normalized spacial score (nSPS) is 22.4. The molecule has 4 heteroatoms. The Hall–Kier alpha value is -1.00. The van der Waals surface area contributed by atoms with E-state index < -0.39 is 0 Å². The van der Waals surface area contributed by atoms with Gasteiger partial charge in [0.05, 0.1) is 0 Å². The quantitative estimate of drug-likeness (QED) is 0.891. The molecule has 21 heavy (non-hydrogen) atoms. The van der Waals surface area contributed by atoms with Crippen molar-refractivity contribution in [1.29, 1.82) is 0 Å². The molecular formula is C17H26F2N2. The standard InChI is InChI=1S/C17H26F2N2/c1-4-15-11-21(17(5-2,6-3)12-20-15)10-13-9-14(18)7-8-16(13)19/h7-9,15,20H,4-6,10-12H2,1-3H3. The van der Waals surface area contributed by atoms with Crippen molar-refractivity contribution in [1.82, 2.24) is 10.2 Å². The molecule has 1 aromatic carbocycles. The van der Waals surface area contributed by atoms with Gasteiger partial charge in [-0.3, -0.25) is 4.90 Å². The lowest BCUT2D eigenvalue weighted by atomic mass is 9.86. The van der Waals surface area contributed by atoms with Crippen molar-refractivity contribution in [3.63, 3.8) is 0 Å². The van der Waals surface area contributed by atoms with Crippen LogP contribution < -0.4 is 5.32 Å². The van der Waals surface area contributed by atoms with Gasteiger partial charge in [0, 0.05) is 36.8 Å². The van der Waals surface area contributed by atoms with Crippen molar-refractivity contribution in [2.75, 3.05) is 13.1 Å². The van der Waals surface area contributed by atoms with Crippen LogP contribution in [0.4, 0.5) is 8.78 Å². The van der Waals surface area contributed by atoms with Crippen molar-refractivity contribution in [2.45, 2.75) is 58.2 Å². The highest BCUT2D eigenvalue weighted by Gasteiger charge is 2.38. The zero-order valence-electron chi connectivity index (χ0n) is 13.3. The summed E-state index contributed by atoms with van der Waals surface area (Å²) in [5.74, 6) is -0.684. The fraction of sp³-hybridized carbons (Fsp3) is 0.647. The minimum Gasteiger partial charge on any atom is -0.311 e. The predicted molar refractivity (Wildman–Crippen MR) is 82.2 cm³/mol. The van der Waals surface area contributed by atoms with Gasteiger partial charge in [0.2, 0.25) is 0 Å². The lowest BCUT2D eigenvalue weighted by Gasteiger charge is -2.49. The number of rotatable bonds is 5. The lowest BCUT2D eigenvalue weighted by molar-refractivity contribution is 0.0229. The Morgan fingerprint density at radius 2 is 1.95 bits per heavy atom. The van der Waals surface area contributed by atoms with E-state index in [-0.39, 0.29) is 17.2 Å². The van der Waals surface area contributed by atoms with E-state index in [4.69, 9.17) is 0 Å². The van der Waals surface area contributed by atoms with Crippen LogP contribution in [0.5, 0.6) is 0 Å². The second-order valence-electron chi connectivity index (χ2n) is 6.03. The van der Waals surface area contributed by atoms with Gasteiger partial charge >= 0.3 is 0 Å². The first kappa shape index (κ1) is 16.4. The summed E-state index contributed by atoms with van der Waals surface area (Å²) < 4.78 is 27.4. The van der Waals surface area contributed by atoms with E-state index in [0.717, 1.165) is 32.4 Å². The van der Waals surface area contributed by atoms with Gasteiger partial charge in [0.1, 0.15) is 11.6 Å². The highest BCUT2D eigenvalue weighted by atomic mass is 19.1. The van der Waals surface area contributed by atoms with Crippen LogP contribution >= 0.6 is 0 Å². The Bertz CT molecular complexity index is 472. The monoisotopic (exact) mass is 296 g/mol. The number of benzene rings is 1. The van der Waals surface area contributed by atoms with E-state index in [1.807, 2.05) is 0 Å². The van der Waals surface area contributed by atoms with E-state index in [0.29, 0.717) is 18.2 Å². The number of hydrogen-bond donors (Lipinski definition) is 1. The molecule has 0 aliphatic carbocycles. The van der Waals surface area contributed by atoms with Crippen LogP contribution in [0.1, 0.15) is 45.6 Å². The van der Waals surface area contributed by atoms with Gasteiger partial charge in [0.25, 0.3) is 0 Å². The molecule has 0 amide bonds. The molecule has 0 radical (unpaired) electrons. The van der Waals surface area contributed by atoms with E-state index in [2.05, 4.69) is 31.0 Å². The topological polar surface area (TPSA) is 15.3 Å². The van der Waals surface area contributed by atoms with Crippen molar-refractivity contribution in [3.8, 4) is 0 Å². The molecule has 0 saturated carbocycles. The first-order valence-corrected chi connectivity index (χ1v) is 7.97. The molecule has 1 atom stereocenters. The maximum Gasteiger partial charge on any atom is 0.127 e. The van der Waals surface area contributed by atoms with Crippen LogP contribution in [0.15, 0.2) is 18.2 Å². The SMILES string of the molecule is CCC1CN(Cc2cc(F)ccc2F)C(CC)(CC)CN1. The Morgan fingerprint density at radius 3 is 2.57 bits per heavy atom. The Kier molecular flexibility index (Phi) is 5.33. The molecule has 0 bridgehead atoms. The van der Waals surface area contributed by atoms with Gasteiger partial charge in [0.15, 0.2) is 0 Å². The Balaban J connectivity index is 2.25. The highest BCUT2D eigenvalue weighted by molar-refractivity contribution is 5.19. The Morgan fingerprint density at radius 1 is 1.24 bits per heavy atom. The van der Waals surface area contributed by atoms with Gasteiger partial charge in [-0.05, 0) is 37.5 Å². The minimum absolute atomic E-state index is 0.0322. The first-order chi connectivity index (χ1) is 10.0. The smallest absolute Gasteiger partial charge is 0.127 e. The highest BCUT2D eigenvalue weighted by Crippen LogP contribution is 2.29. The predicted octanol–water partition coefficient (Wildman–Crippen LogP) is 3.71. The van der Waals surface area contributed by atoms with Gasteiger partial charge < -0.3 is 5.32 Å². The van der Waals surface area contributed by atoms with Crippen LogP contribution in [0, 0.1) is 11.6 Å². The van der Waals surface area contributed by atoms with Crippen LogP contribution in [0.25, 0.3) is 0 Å². The van der Waals surface area contributed by atoms with Crippen LogP contribution in [0.2, 0.25) is 0 Å². The molecule has 1 fully saturated rings. The zero-order valence-corrected chi connectivity index (χ0v) is 13.3. The summed E-state index contributed by atoms with van der Waals surface area (Å²) in [6.07, 6.45) is 3.05. The molecule has 1 N–H and O–H groups in total. The maximum absolute atomic E-state index is 14.0. The third-order valence-corrected chi connectivity index (χ3v) is 5.01. The maximum atomic E-state index is 14.0. The van der Waals surface area contributed by atoms with Crippen LogP contribution in [-0.2, 0) is 6.54 Å². The fourth-order valence-corrected chi connectivity index (χ4v) is 3.29. The largest absolute Gasteiger partial charge is 0.311 e. The summed E-state index contributed by atoms with van der Waals surface area (Å²) >= 11 is 0. The molecule has 1 aromatic rings. The molecule has 2 rings (SSSR count). The third kappa shape index (κ3) is 3.43. The van der Waals surface area contributed by atoms with Gasteiger partial charge in [-0.1, -0.05) is 20.8 Å². The lowest BCUT2D eigenvalue weighted by Crippen LogP contribution is -2.63. The molecule has 0 aromatic heterocycles. The minimum atomic E-state index is -0.368. The molecule has 1 aliphatic heterocycles. The van der Waals surface area contributed by atoms with E-state index in [1.165, 1.54) is 18.2 Å². The number of hydrogen-bond acceptors (Lipinski definition) is 2. The summed E-state index contributed by atoms with van der Waals surface area (Å²) in [6, 6.07) is 4.16. The molecule has 1 heterocycles. The summed E-state index contributed by atoms with van der Waals surface area (Å²) in [7, 11) is 0. The second kappa shape index (κ2) is 6.84. The number of nitrogens with zero attached hydrogens (tertiary/aromatic N) is 1. The van der Waals surface area contributed by atoms with Crippen LogP contribution in [-0.4, -0.2) is 29.6 Å². The average molecular weight is 296 g/mol. The number of halogens is 2. The summed E-state index contributed by atoms with van der Waals surface area (Å²) in [5.41, 5.74) is 0.489. The molecule has 1 saturated heterocycles. The molecule has 0 spiro atoms. The fourth-order valence-electron chi connectivity index (χ4n) is 3.29.